The minimum Gasteiger partial charge on any atom is -0.351 e. The molecule has 0 aromatic heterocycles. The molecule has 0 unspecified atom stereocenters. The summed E-state index contributed by atoms with van der Waals surface area (Å²) in [7, 11) is 0. The number of nitro benzene ring substituents is 1. The Bertz CT molecular complexity index is 363. The largest absolute Gasteiger partial charge is 0.351 e. The molecule has 0 radical (unpaired) electrons. The molecule has 4 heteroatoms. The topological polar surface area (TPSA) is 46.4 Å². The van der Waals surface area contributed by atoms with Gasteiger partial charge in [-0.15, -0.1) is 0 Å². The molecule has 0 fully saturated rings. The van der Waals surface area contributed by atoms with Crippen LogP contribution in [0.4, 0.5) is 5.69 Å². The first-order valence-corrected chi connectivity index (χ1v) is 4.41. The summed E-state index contributed by atoms with van der Waals surface area (Å²) in [4.78, 5) is 11.8. The normalized spacial score (nSPS) is 9.33. The average molecular weight is 204 g/mol. The molecule has 0 heterocycles. The van der Waals surface area contributed by atoms with Crippen LogP contribution in [0.3, 0.4) is 0 Å². The van der Waals surface area contributed by atoms with Crippen molar-refractivity contribution < 1.29 is 4.92 Å². The highest BCUT2D eigenvalue weighted by Gasteiger charge is 2.04. The van der Waals surface area contributed by atoms with Crippen molar-refractivity contribution in [3.63, 3.8) is 0 Å². The van der Waals surface area contributed by atoms with Crippen LogP contribution in [-0.2, 0) is 6.54 Å². The summed E-state index contributed by atoms with van der Waals surface area (Å²) in [5.41, 5.74) is 1.07. The maximum absolute atomic E-state index is 10.4. The van der Waals surface area contributed by atoms with Crippen molar-refractivity contribution in [2.24, 2.45) is 0 Å². The molecule has 0 atom stereocenters. The van der Waals surface area contributed by atoms with E-state index in [4.69, 9.17) is 0 Å². The number of nitro groups is 1. The molecule has 0 saturated heterocycles. The summed E-state index contributed by atoms with van der Waals surface area (Å²) in [5.74, 6) is 0. The van der Waals surface area contributed by atoms with E-state index in [0.717, 1.165) is 5.56 Å². The highest BCUT2D eigenvalue weighted by atomic mass is 16.6. The Balaban J connectivity index is 2.76. The average Bonchev–Trinajstić information content (AvgIpc) is 2.26. The fourth-order valence-electron chi connectivity index (χ4n) is 1.14. The van der Waals surface area contributed by atoms with Crippen LogP contribution in [0.1, 0.15) is 5.56 Å². The fourth-order valence-corrected chi connectivity index (χ4v) is 1.14. The fraction of sp³-hybridized carbons (Fsp3) is 0.0909. The summed E-state index contributed by atoms with van der Waals surface area (Å²) >= 11 is 0. The zero-order valence-electron chi connectivity index (χ0n) is 8.30. The smallest absolute Gasteiger partial charge is 0.269 e. The Labute approximate surface area is 88.3 Å². The highest BCUT2D eigenvalue weighted by molar-refractivity contribution is 5.32. The number of hydrogen-bond donors (Lipinski definition) is 0. The Morgan fingerprint density at radius 2 is 1.80 bits per heavy atom. The first-order valence-electron chi connectivity index (χ1n) is 4.41. The second-order valence-electron chi connectivity index (χ2n) is 2.96. The van der Waals surface area contributed by atoms with E-state index in [9.17, 15) is 10.1 Å². The SMILES string of the molecule is C=CN(C=C)Cc1ccc([N+](=O)[O-])cc1. The minimum absolute atomic E-state index is 0.0995. The van der Waals surface area contributed by atoms with Gasteiger partial charge in [0.25, 0.3) is 5.69 Å². The van der Waals surface area contributed by atoms with Gasteiger partial charge in [0.05, 0.1) is 4.92 Å². The Morgan fingerprint density at radius 1 is 1.27 bits per heavy atom. The van der Waals surface area contributed by atoms with Crippen molar-refractivity contribution in [3.05, 3.63) is 65.5 Å². The predicted octanol–water partition coefficient (Wildman–Crippen LogP) is 2.68. The molecule has 0 bridgehead atoms. The molecule has 0 aliphatic carbocycles. The Kier molecular flexibility index (Phi) is 3.62. The van der Waals surface area contributed by atoms with Gasteiger partial charge in [0.1, 0.15) is 0 Å². The van der Waals surface area contributed by atoms with Crippen LogP contribution < -0.4 is 0 Å². The molecule has 0 spiro atoms. The standard InChI is InChI=1S/C11H12N2O2/c1-3-12(4-2)9-10-5-7-11(8-6-10)13(14)15/h3-8H,1-2,9H2. The van der Waals surface area contributed by atoms with Gasteiger partial charge in [-0.05, 0) is 18.0 Å². The van der Waals surface area contributed by atoms with Crippen molar-refractivity contribution in [2.45, 2.75) is 6.54 Å². The second-order valence-corrected chi connectivity index (χ2v) is 2.96. The van der Waals surface area contributed by atoms with Gasteiger partial charge in [0, 0.05) is 18.7 Å². The van der Waals surface area contributed by atoms with Crippen molar-refractivity contribution in [1.29, 1.82) is 0 Å². The van der Waals surface area contributed by atoms with Crippen molar-refractivity contribution in [2.75, 3.05) is 0 Å². The highest BCUT2D eigenvalue weighted by Crippen LogP contribution is 2.13. The molecule has 0 aliphatic heterocycles. The van der Waals surface area contributed by atoms with Crippen molar-refractivity contribution in [1.82, 2.24) is 4.90 Å². The van der Waals surface area contributed by atoms with Crippen molar-refractivity contribution >= 4 is 5.69 Å². The minimum atomic E-state index is -0.414. The third-order valence-electron chi connectivity index (χ3n) is 1.98. The molecule has 1 aromatic carbocycles. The summed E-state index contributed by atoms with van der Waals surface area (Å²) in [6.45, 7) is 7.86. The lowest BCUT2D eigenvalue weighted by molar-refractivity contribution is -0.384. The zero-order chi connectivity index (χ0) is 11.3. The molecular formula is C11H12N2O2. The van der Waals surface area contributed by atoms with Gasteiger partial charge in [-0.2, -0.15) is 0 Å². The lowest BCUT2D eigenvalue weighted by atomic mass is 10.2. The summed E-state index contributed by atoms with van der Waals surface area (Å²) in [5, 5.41) is 10.4. The molecule has 0 saturated carbocycles. The molecule has 0 amide bonds. The molecule has 78 valence electrons. The van der Waals surface area contributed by atoms with Crippen LogP contribution in [0.15, 0.2) is 49.8 Å². The Morgan fingerprint density at radius 3 is 2.20 bits per heavy atom. The van der Waals surface area contributed by atoms with Gasteiger partial charge in [0.15, 0.2) is 0 Å². The monoisotopic (exact) mass is 204 g/mol. The van der Waals surface area contributed by atoms with E-state index in [1.165, 1.54) is 12.1 Å². The van der Waals surface area contributed by atoms with E-state index in [1.807, 2.05) is 0 Å². The van der Waals surface area contributed by atoms with Gasteiger partial charge >= 0.3 is 0 Å². The first-order chi connectivity index (χ1) is 7.17. The predicted molar refractivity (Wildman–Crippen MR) is 59.0 cm³/mol. The van der Waals surface area contributed by atoms with Crippen LogP contribution >= 0.6 is 0 Å². The Hall–Kier alpha value is -2.10. The van der Waals surface area contributed by atoms with Crippen LogP contribution in [0.2, 0.25) is 0 Å². The molecule has 4 nitrogen and oxygen atoms in total. The van der Waals surface area contributed by atoms with E-state index in [1.54, 1.807) is 29.4 Å². The van der Waals surface area contributed by atoms with Gasteiger partial charge < -0.3 is 4.90 Å². The van der Waals surface area contributed by atoms with E-state index < -0.39 is 4.92 Å². The molecule has 1 aromatic rings. The van der Waals surface area contributed by atoms with Gasteiger partial charge in [-0.1, -0.05) is 25.3 Å². The second kappa shape index (κ2) is 4.95. The molecule has 1 rings (SSSR count). The summed E-state index contributed by atoms with van der Waals surface area (Å²) < 4.78 is 0. The lowest BCUT2D eigenvalue weighted by Crippen LogP contribution is -2.07. The van der Waals surface area contributed by atoms with E-state index in [0.29, 0.717) is 6.54 Å². The molecule has 0 aliphatic rings. The van der Waals surface area contributed by atoms with Gasteiger partial charge in [-0.25, -0.2) is 0 Å². The molecule has 0 N–H and O–H groups in total. The molecular weight excluding hydrogens is 192 g/mol. The quantitative estimate of drug-likeness (QED) is 0.547. The van der Waals surface area contributed by atoms with Gasteiger partial charge in [-0.3, -0.25) is 10.1 Å². The summed E-state index contributed by atoms with van der Waals surface area (Å²) in [6, 6.07) is 6.41. The van der Waals surface area contributed by atoms with E-state index in [-0.39, 0.29) is 5.69 Å². The number of hydrogen-bond acceptors (Lipinski definition) is 3. The van der Waals surface area contributed by atoms with Crippen LogP contribution in [0.5, 0.6) is 0 Å². The van der Waals surface area contributed by atoms with E-state index in [2.05, 4.69) is 13.2 Å². The maximum Gasteiger partial charge on any atom is 0.269 e. The van der Waals surface area contributed by atoms with Gasteiger partial charge in [0.2, 0.25) is 0 Å². The number of rotatable bonds is 5. The number of nitrogens with zero attached hydrogens (tertiary/aromatic N) is 2. The zero-order valence-corrected chi connectivity index (χ0v) is 8.30. The third-order valence-corrected chi connectivity index (χ3v) is 1.98. The lowest BCUT2D eigenvalue weighted by Gasteiger charge is -2.13. The first kappa shape index (κ1) is 11.0. The van der Waals surface area contributed by atoms with Crippen LogP contribution in [0, 0.1) is 10.1 Å². The number of benzene rings is 1. The van der Waals surface area contributed by atoms with Crippen LogP contribution in [0.25, 0.3) is 0 Å². The third kappa shape index (κ3) is 2.95. The van der Waals surface area contributed by atoms with Crippen LogP contribution in [-0.4, -0.2) is 9.82 Å². The maximum atomic E-state index is 10.4. The number of non-ortho nitro benzene ring substituents is 1. The summed E-state index contributed by atoms with van der Waals surface area (Å²) in [6.07, 6.45) is 3.29. The molecule has 15 heavy (non-hydrogen) atoms. The van der Waals surface area contributed by atoms with Crippen molar-refractivity contribution in [3.8, 4) is 0 Å². The van der Waals surface area contributed by atoms with E-state index >= 15 is 0 Å².